The highest BCUT2D eigenvalue weighted by Gasteiger charge is 2.16. The van der Waals surface area contributed by atoms with Crippen LogP contribution < -0.4 is 11.3 Å². The van der Waals surface area contributed by atoms with Crippen molar-refractivity contribution in [2.24, 2.45) is 12.9 Å². The van der Waals surface area contributed by atoms with E-state index in [2.05, 4.69) is 15.5 Å². The molecule has 2 heterocycles. The average Bonchev–Trinajstić information content (AvgIpc) is 2.61. The summed E-state index contributed by atoms with van der Waals surface area (Å²) in [6.45, 7) is 1.97. The van der Waals surface area contributed by atoms with Gasteiger partial charge in [-0.2, -0.15) is 5.10 Å². The van der Waals surface area contributed by atoms with Crippen LogP contribution in [0.4, 0.5) is 0 Å². The topological polar surface area (TPSA) is 68.8 Å². The molecular weight excluding hydrogens is 202 g/mol. The summed E-state index contributed by atoms with van der Waals surface area (Å²) in [6, 6.07) is 3.82. The molecule has 2 aromatic rings. The molecule has 16 heavy (non-hydrogen) atoms. The van der Waals surface area contributed by atoms with Crippen LogP contribution in [0.3, 0.4) is 0 Å². The Balaban J connectivity index is 2.40. The van der Waals surface area contributed by atoms with Gasteiger partial charge in [0.1, 0.15) is 0 Å². The van der Waals surface area contributed by atoms with E-state index in [1.807, 2.05) is 32.3 Å². The number of rotatable bonds is 3. The Morgan fingerprint density at radius 3 is 2.81 bits per heavy atom. The second-order valence-electron chi connectivity index (χ2n) is 3.73. The first-order valence-electron chi connectivity index (χ1n) is 5.08. The van der Waals surface area contributed by atoms with Crippen LogP contribution >= 0.6 is 0 Å². The molecule has 0 amide bonds. The molecule has 0 radical (unpaired) electrons. The summed E-state index contributed by atoms with van der Waals surface area (Å²) in [6.07, 6.45) is 5.51. The van der Waals surface area contributed by atoms with Gasteiger partial charge in [-0.1, -0.05) is 6.07 Å². The van der Waals surface area contributed by atoms with E-state index >= 15 is 0 Å². The van der Waals surface area contributed by atoms with Crippen molar-refractivity contribution in [1.82, 2.24) is 20.2 Å². The number of aromatic nitrogens is 3. The summed E-state index contributed by atoms with van der Waals surface area (Å²) in [5, 5.41) is 4.31. The third-order valence-electron chi connectivity index (χ3n) is 2.55. The summed E-state index contributed by atoms with van der Waals surface area (Å²) >= 11 is 0. The first-order valence-corrected chi connectivity index (χ1v) is 5.08. The van der Waals surface area contributed by atoms with Gasteiger partial charge in [0.05, 0.1) is 11.7 Å². The van der Waals surface area contributed by atoms with Crippen LogP contribution in [0.5, 0.6) is 0 Å². The fourth-order valence-electron chi connectivity index (χ4n) is 1.81. The van der Waals surface area contributed by atoms with Crippen LogP contribution in [0.25, 0.3) is 0 Å². The minimum atomic E-state index is -0.0672. The van der Waals surface area contributed by atoms with Gasteiger partial charge >= 0.3 is 0 Å². The lowest BCUT2D eigenvalue weighted by Crippen LogP contribution is -2.29. The highest BCUT2D eigenvalue weighted by atomic mass is 15.3. The molecule has 0 saturated heterocycles. The van der Waals surface area contributed by atoms with Gasteiger partial charge in [-0.25, -0.2) is 5.43 Å². The molecule has 0 aliphatic carbocycles. The molecule has 0 aliphatic rings. The number of hydrazine groups is 1. The van der Waals surface area contributed by atoms with Gasteiger partial charge in [-0.15, -0.1) is 0 Å². The lowest BCUT2D eigenvalue weighted by molar-refractivity contribution is 0.631. The molecule has 0 aliphatic heterocycles. The van der Waals surface area contributed by atoms with Crippen molar-refractivity contribution in [2.75, 3.05) is 0 Å². The van der Waals surface area contributed by atoms with E-state index in [1.165, 1.54) is 0 Å². The van der Waals surface area contributed by atoms with E-state index in [-0.39, 0.29) is 6.04 Å². The maximum absolute atomic E-state index is 5.60. The zero-order chi connectivity index (χ0) is 11.5. The van der Waals surface area contributed by atoms with E-state index in [0.29, 0.717) is 0 Å². The average molecular weight is 217 g/mol. The SMILES string of the molecule is Cc1nn(C)cc1C(NN)c1cccnc1. The molecule has 5 heteroatoms. The van der Waals surface area contributed by atoms with Crippen LogP contribution in [-0.4, -0.2) is 14.8 Å². The fourth-order valence-corrected chi connectivity index (χ4v) is 1.81. The standard InChI is InChI=1S/C11H15N5/c1-8-10(7-16(2)15-8)11(14-12)9-4-3-5-13-6-9/h3-7,11,14H,12H2,1-2H3. The minimum Gasteiger partial charge on any atom is -0.275 e. The van der Waals surface area contributed by atoms with Gasteiger partial charge in [0.15, 0.2) is 0 Å². The van der Waals surface area contributed by atoms with Gasteiger partial charge in [-0.3, -0.25) is 15.5 Å². The predicted molar refractivity (Wildman–Crippen MR) is 61.3 cm³/mol. The maximum Gasteiger partial charge on any atom is 0.0758 e. The van der Waals surface area contributed by atoms with Crippen LogP contribution in [0.2, 0.25) is 0 Å². The van der Waals surface area contributed by atoms with Gasteiger partial charge in [0, 0.05) is 31.2 Å². The smallest absolute Gasteiger partial charge is 0.0758 e. The Labute approximate surface area is 94.3 Å². The summed E-state index contributed by atoms with van der Waals surface area (Å²) < 4.78 is 1.78. The molecule has 1 atom stereocenters. The number of nitrogens with one attached hydrogen (secondary N) is 1. The molecule has 0 bridgehead atoms. The molecule has 2 aromatic heterocycles. The Kier molecular flexibility index (Phi) is 2.98. The van der Waals surface area contributed by atoms with Crippen LogP contribution in [-0.2, 0) is 7.05 Å². The second kappa shape index (κ2) is 4.42. The number of pyridine rings is 1. The minimum absolute atomic E-state index is 0.0672. The van der Waals surface area contributed by atoms with Crippen LogP contribution in [0, 0.1) is 6.92 Å². The largest absolute Gasteiger partial charge is 0.275 e. The van der Waals surface area contributed by atoms with E-state index in [1.54, 1.807) is 17.1 Å². The fraction of sp³-hybridized carbons (Fsp3) is 0.273. The zero-order valence-electron chi connectivity index (χ0n) is 9.38. The Bertz CT molecular complexity index is 462. The molecule has 5 nitrogen and oxygen atoms in total. The molecule has 84 valence electrons. The quantitative estimate of drug-likeness (QED) is 0.586. The molecule has 0 aromatic carbocycles. The molecule has 0 fully saturated rings. The van der Waals surface area contributed by atoms with Crippen molar-refractivity contribution in [3.63, 3.8) is 0 Å². The number of hydrogen-bond acceptors (Lipinski definition) is 4. The highest BCUT2D eigenvalue weighted by molar-refractivity contribution is 5.30. The van der Waals surface area contributed by atoms with Crippen molar-refractivity contribution < 1.29 is 0 Å². The van der Waals surface area contributed by atoms with Crippen LogP contribution in [0.15, 0.2) is 30.7 Å². The molecule has 0 saturated carbocycles. The van der Waals surface area contributed by atoms with Crippen molar-refractivity contribution in [2.45, 2.75) is 13.0 Å². The first kappa shape index (κ1) is 10.8. The molecular formula is C11H15N5. The van der Waals surface area contributed by atoms with Gasteiger partial charge in [0.2, 0.25) is 0 Å². The van der Waals surface area contributed by atoms with Crippen molar-refractivity contribution >= 4 is 0 Å². The number of hydrogen-bond donors (Lipinski definition) is 2. The molecule has 0 spiro atoms. The molecule has 3 N–H and O–H groups in total. The number of nitrogens with zero attached hydrogens (tertiary/aromatic N) is 3. The maximum atomic E-state index is 5.60. The lowest BCUT2D eigenvalue weighted by Gasteiger charge is -2.14. The highest BCUT2D eigenvalue weighted by Crippen LogP contribution is 2.22. The third kappa shape index (κ3) is 1.95. The van der Waals surface area contributed by atoms with Crippen molar-refractivity contribution in [3.8, 4) is 0 Å². The Hall–Kier alpha value is -1.72. The van der Waals surface area contributed by atoms with E-state index in [9.17, 15) is 0 Å². The first-order chi connectivity index (χ1) is 7.72. The van der Waals surface area contributed by atoms with E-state index in [4.69, 9.17) is 5.84 Å². The summed E-state index contributed by atoms with van der Waals surface area (Å²) in [4.78, 5) is 4.09. The summed E-state index contributed by atoms with van der Waals surface area (Å²) in [5.41, 5.74) is 5.86. The Morgan fingerprint density at radius 2 is 2.31 bits per heavy atom. The zero-order valence-corrected chi connectivity index (χ0v) is 9.38. The second-order valence-corrected chi connectivity index (χ2v) is 3.73. The van der Waals surface area contributed by atoms with Crippen molar-refractivity contribution in [3.05, 3.63) is 47.5 Å². The molecule has 1 unspecified atom stereocenters. The normalized spacial score (nSPS) is 12.7. The number of aryl methyl sites for hydroxylation is 2. The molecule has 2 rings (SSSR count). The van der Waals surface area contributed by atoms with Gasteiger partial charge < -0.3 is 0 Å². The van der Waals surface area contributed by atoms with Gasteiger partial charge in [-0.05, 0) is 18.6 Å². The predicted octanol–water partition coefficient (Wildman–Crippen LogP) is 0.676. The van der Waals surface area contributed by atoms with Gasteiger partial charge in [0.25, 0.3) is 0 Å². The Morgan fingerprint density at radius 1 is 1.50 bits per heavy atom. The van der Waals surface area contributed by atoms with E-state index < -0.39 is 0 Å². The monoisotopic (exact) mass is 217 g/mol. The van der Waals surface area contributed by atoms with Crippen LogP contribution in [0.1, 0.15) is 22.9 Å². The van der Waals surface area contributed by atoms with Crippen molar-refractivity contribution in [1.29, 1.82) is 0 Å². The van der Waals surface area contributed by atoms with E-state index in [0.717, 1.165) is 16.8 Å². The number of nitrogens with two attached hydrogens (primary N) is 1. The third-order valence-corrected chi connectivity index (χ3v) is 2.55. The summed E-state index contributed by atoms with van der Waals surface area (Å²) in [7, 11) is 1.90. The summed E-state index contributed by atoms with van der Waals surface area (Å²) in [5.74, 6) is 5.60. The lowest BCUT2D eigenvalue weighted by atomic mass is 10.0.